The molecule has 0 aliphatic heterocycles. The van der Waals surface area contributed by atoms with Gasteiger partial charge in [0, 0.05) is 14.1 Å². The van der Waals surface area contributed by atoms with Crippen LogP contribution < -0.4 is 5.32 Å². The van der Waals surface area contributed by atoms with Crippen molar-refractivity contribution in [3.63, 3.8) is 0 Å². The Labute approximate surface area is 149 Å². The van der Waals surface area contributed by atoms with Crippen molar-refractivity contribution in [1.82, 2.24) is 9.62 Å². The predicted octanol–water partition coefficient (Wildman–Crippen LogP) is 1.02. The van der Waals surface area contributed by atoms with E-state index in [0.29, 0.717) is 0 Å². The number of halogens is 1. The normalized spacial score (nSPS) is 11.1. The van der Waals surface area contributed by atoms with Crippen molar-refractivity contribution in [1.29, 1.82) is 0 Å². The molecule has 9 nitrogen and oxygen atoms in total. The van der Waals surface area contributed by atoms with Crippen molar-refractivity contribution in [2.24, 2.45) is 0 Å². The summed E-state index contributed by atoms with van der Waals surface area (Å²) in [6.45, 7) is 0.862. The lowest BCUT2D eigenvalue weighted by Gasteiger charge is -2.13. The van der Waals surface area contributed by atoms with E-state index in [4.69, 9.17) is 16.3 Å². The monoisotopic (exact) mass is 392 g/mol. The number of alkyl carbamates (subject to hydrolysis) is 1. The maximum absolute atomic E-state index is 12.1. The van der Waals surface area contributed by atoms with Crippen molar-refractivity contribution in [3.05, 3.63) is 28.8 Å². The van der Waals surface area contributed by atoms with E-state index in [1.54, 1.807) is 6.92 Å². The van der Waals surface area contributed by atoms with Gasteiger partial charge in [0.25, 0.3) is 5.91 Å². The molecule has 0 spiro atoms. The molecule has 25 heavy (non-hydrogen) atoms. The summed E-state index contributed by atoms with van der Waals surface area (Å²) < 4.78 is 34.4. The molecule has 0 unspecified atom stereocenters. The second-order valence-electron chi connectivity index (χ2n) is 4.77. The zero-order valence-corrected chi connectivity index (χ0v) is 15.3. The number of benzene rings is 1. The van der Waals surface area contributed by atoms with E-state index in [-0.39, 0.29) is 22.1 Å². The summed E-state index contributed by atoms with van der Waals surface area (Å²) in [6, 6.07) is 3.51. The largest absolute Gasteiger partial charge is 0.452 e. The van der Waals surface area contributed by atoms with E-state index in [9.17, 15) is 22.8 Å². The molecule has 0 radical (unpaired) electrons. The van der Waals surface area contributed by atoms with Crippen LogP contribution in [0, 0.1) is 0 Å². The minimum absolute atomic E-state index is 0.0477. The topological polar surface area (TPSA) is 119 Å². The summed E-state index contributed by atoms with van der Waals surface area (Å²) >= 11 is 5.88. The number of amides is 2. The number of nitrogens with one attached hydrogen (secondary N) is 1. The molecule has 0 heterocycles. The van der Waals surface area contributed by atoms with Crippen LogP contribution in [0.1, 0.15) is 17.3 Å². The summed E-state index contributed by atoms with van der Waals surface area (Å²) in [5, 5.41) is 1.79. The van der Waals surface area contributed by atoms with E-state index in [1.807, 2.05) is 5.32 Å². The number of ether oxygens (including phenoxy) is 2. The number of carbonyl (C=O) groups is 3. The smallest absolute Gasteiger partial charge is 0.413 e. The fraction of sp³-hybridized carbons (Fsp3) is 0.357. The highest BCUT2D eigenvalue weighted by Gasteiger charge is 2.22. The van der Waals surface area contributed by atoms with E-state index in [2.05, 4.69) is 4.74 Å². The quantitative estimate of drug-likeness (QED) is 0.717. The Morgan fingerprint density at radius 2 is 1.84 bits per heavy atom. The molecule has 0 fully saturated rings. The Morgan fingerprint density at radius 1 is 1.20 bits per heavy atom. The van der Waals surface area contributed by atoms with Gasteiger partial charge in [-0.1, -0.05) is 11.6 Å². The van der Waals surface area contributed by atoms with Gasteiger partial charge in [-0.05, 0) is 25.1 Å². The van der Waals surface area contributed by atoms with Crippen LogP contribution in [0.5, 0.6) is 0 Å². The second-order valence-corrected chi connectivity index (χ2v) is 7.33. The van der Waals surface area contributed by atoms with Crippen LogP contribution >= 0.6 is 11.6 Å². The molecule has 0 saturated heterocycles. The number of rotatable bonds is 6. The first-order chi connectivity index (χ1) is 11.6. The maximum Gasteiger partial charge on any atom is 0.413 e. The van der Waals surface area contributed by atoms with Crippen molar-refractivity contribution in [2.75, 3.05) is 27.3 Å². The molecule has 11 heteroatoms. The molecule has 0 bridgehead atoms. The summed E-state index contributed by atoms with van der Waals surface area (Å²) in [7, 11) is -1.11. The highest BCUT2D eigenvalue weighted by Crippen LogP contribution is 2.22. The highest BCUT2D eigenvalue weighted by atomic mass is 35.5. The number of sulfonamides is 1. The summed E-state index contributed by atoms with van der Waals surface area (Å²) in [5.74, 6) is -1.92. The van der Waals surface area contributed by atoms with E-state index < -0.39 is 34.6 Å². The van der Waals surface area contributed by atoms with E-state index in [0.717, 1.165) is 10.4 Å². The van der Waals surface area contributed by atoms with Crippen LogP contribution in [0.25, 0.3) is 0 Å². The Morgan fingerprint density at radius 3 is 2.40 bits per heavy atom. The van der Waals surface area contributed by atoms with Gasteiger partial charge in [-0.15, -0.1) is 0 Å². The number of carbonyl (C=O) groups excluding carboxylic acids is 3. The lowest BCUT2D eigenvalue weighted by Crippen LogP contribution is -2.34. The summed E-state index contributed by atoms with van der Waals surface area (Å²) in [6.07, 6.45) is -0.972. The van der Waals surface area contributed by atoms with Crippen LogP contribution in [-0.2, 0) is 24.3 Å². The van der Waals surface area contributed by atoms with Crippen LogP contribution in [0.3, 0.4) is 0 Å². The molecule has 1 N–H and O–H groups in total. The Balaban J connectivity index is 2.85. The fourth-order valence-corrected chi connectivity index (χ4v) is 2.68. The number of nitrogens with zero attached hydrogens (tertiary/aromatic N) is 1. The zero-order chi connectivity index (χ0) is 19.2. The summed E-state index contributed by atoms with van der Waals surface area (Å²) in [4.78, 5) is 34.4. The zero-order valence-electron chi connectivity index (χ0n) is 13.7. The third-order valence-electron chi connectivity index (χ3n) is 2.79. The van der Waals surface area contributed by atoms with Gasteiger partial charge in [0.15, 0.2) is 6.61 Å². The standard InChI is InChI=1S/C14H17ClN2O7S/c1-4-23-14(20)16-12(18)8-24-13(19)10-7-9(5-6-11(10)15)25(21,22)17(2)3/h5-7H,4,8H2,1-3H3,(H,16,18,20). The van der Waals surface area contributed by atoms with Crippen LogP contribution in [-0.4, -0.2) is 58.0 Å². The fourth-order valence-electron chi connectivity index (χ4n) is 1.56. The molecular weight excluding hydrogens is 376 g/mol. The molecule has 0 saturated carbocycles. The van der Waals surface area contributed by atoms with Gasteiger partial charge >= 0.3 is 12.1 Å². The molecule has 0 aliphatic carbocycles. The van der Waals surface area contributed by atoms with Crippen molar-refractivity contribution in [2.45, 2.75) is 11.8 Å². The van der Waals surface area contributed by atoms with Crippen LogP contribution in [0.2, 0.25) is 5.02 Å². The first-order valence-corrected chi connectivity index (χ1v) is 8.77. The second kappa shape index (κ2) is 8.79. The summed E-state index contributed by atoms with van der Waals surface area (Å²) in [5.41, 5.74) is -0.228. The van der Waals surface area contributed by atoms with Gasteiger partial charge in [0.05, 0.1) is 22.1 Å². The predicted molar refractivity (Wildman–Crippen MR) is 87.8 cm³/mol. The lowest BCUT2D eigenvalue weighted by molar-refractivity contribution is -0.123. The molecule has 1 aromatic rings. The van der Waals surface area contributed by atoms with Gasteiger partial charge in [-0.2, -0.15) is 0 Å². The van der Waals surface area contributed by atoms with E-state index >= 15 is 0 Å². The first-order valence-electron chi connectivity index (χ1n) is 6.95. The SMILES string of the molecule is CCOC(=O)NC(=O)COC(=O)c1cc(S(=O)(=O)N(C)C)ccc1Cl. The van der Waals surface area contributed by atoms with Crippen LogP contribution in [0.15, 0.2) is 23.1 Å². The van der Waals surface area contributed by atoms with E-state index in [1.165, 1.54) is 26.2 Å². The Kier molecular flexibility index (Phi) is 7.34. The molecule has 1 aromatic carbocycles. The maximum atomic E-state index is 12.1. The molecule has 0 atom stereocenters. The Bertz CT molecular complexity index is 777. The van der Waals surface area contributed by atoms with Crippen molar-refractivity contribution >= 4 is 39.6 Å². The minimum Gasteiger partial charge on any atom is -0.452 e. The average molecular weight is 393 g/mol. The molecule has 2 amide bonds. The van der Waals surface area contributed by atoms with Crippen molar-refractivity contribution < 1.29 is 32.3 Å². The molecule has 138 valence electrons. The number of imide groups is 1. The number of hydrogen-bond acceptors (Lipinski definition) is 7. The minimum atomic E-state index is -3.78. The van der Waals surface area contributed by atoms with Gasteiger partial charge < -0.3 is 9.47 Å². The Hall–Kier alpha value is -2.17. The van der Waals surface area contributed by atoms with Crippen LogP contribution in [0.4, 0.5) is 4.79 Å². The molecule has 0 aromatic heterocycles. The van der Waals surface area contributed by atoms with Gasteiger partial charge in [0.1, 0.15) is 0 Å². The van der Waals surface area contributed by atoms with Gasteiger partial charge in [-0.25, -0.2) is 22.3 Å². The molecular formula is C14H17ClN2O7S. The number of hydrogen-bond donors (Lipinski definition) is 1. The third-order valence-corrected chi connectivity index (χ3v) is 4.93. The van der Waals surface area contributed by atoms with Gasteiger partial charge in [-0.3, -0.25) is 10.1 Å². The molecule has 0 aliphatic rings. The number of esters is 1. The first kappa shape index (κ1) is 20.9. The average Bonchev–Trinajstić information content (AvgIpc) is 2.52. The van der Waals surface area contributed by atoms with Gasteiger partial charge in [0.2, 0.25) is 10.0 Å². The highest BCUT2D eigenvalue weighted by molar-refractivity contribution is 7.89. The lowest BCUT2D eigenvalue weighted by atomic mass is 10.2. The molecule has 1 rings (SSSR count). The third kappa shape index (κ3) is 5.69. The van der Waals surface area contributed by atoms with Crippen molar-refractivity contribution in [3.8, 4) is 0 Å².